The molecule has 3 rings (SSSR count). The van der Waals surface area contributed by atoms with Gasteiger partial charge >= 0.3 is 0 Å². The molecule has 1 aromatic heterocycles. The van der Waals surface area contributed by atoms with Crippen LogP contribution in [0, 0.1) is 5.82 Å². The molecule has 134 valence electrons. The first kappa shape index (κ1) is 18.5. The molecule has 3 aromatic rings. The Hall–Kier alpha value is -2.31. The van der Waals surface area contributed by atoms with Gasteiger partial charge in [-0.3, -0.25) is 4.79 Å². The van der Waals surface area contributed by atoms with Crippen molar-refractivity contribution in [2.45, 2.75) is 17.9 Å². The summed E-state index contributed by atoms with van der Waals surface area (Å²) < 4.78 is 19.1. The average Bonchev–Trinajstić information content (AvgIpc) is 3.11. The molecule has 0 aliphatic carbocycles. The Morgan fingerprint density at radius 2 is 2.00 bits per heavy atom. The molecule has 1 atom stereocenters. The fourth-order valence-corrected chi connectivity index (χ4v) is 3.07. The van der Waals surface area contributed by atoms with E-state index in [1.165, 1.54) is 23.9 Å². The van der Waals surface area contributed by atoms with E-state index < -0.39 is 5.82 Å². The lowest BCUT2D eigenvalue weighted by Crippen LogP contribution is -2.23. The third-order valence-corrected chi connectivity index (χ3v) is 5.05. The summed E-state index contributed by atoms with van der Waals surface area (Å²) in [4.78, 5) is 16.6. The average molecular weight is 391 g/mol. The lowest BCUT2D eigenvalue weighted by atomic mass is 10.2. The zero-order valence-electron chi connectivity index (χ0n) is 13.9. The topological polar surface area (TPSA) is 55.1 Å². The van der Waals surface area contributed by atoms with Gasteiger partial charge in [0.05, 0.1) is 16.6 Å². The minimum Gasteiger partial charge on any atom is -0.444 e. The first-order chi connectivity index (χ1) is 12.5. The third kappa shape index (κ3) is 4.65. The number of hydrogen-bond acceptors (Lipinski definition) is 4. The Bertz CT molecular complexity index is 899. The summed E-state index contributed by atoms with van der Waals surface area (Å²) in [7, 11) is 0. The van der Waals surface area contributed by atoms with Crippen LogP contribution in [0.4, 0.5) is 10.1 Å². The minimum absolute atomic E-state index is 0.177. The molecule has 0 bridgehead atoms. The number of aromatic nitrogens is 1. The molecule has 0 aliphatic rings. The maximum Gasteiger partial charge on any atom is 0.237 e. The van der Waals surface area contributed by atoms with E-state index in [0.29, 0.717) is 16.7 Å². The van der Waals surface area contributed by atoms with Crippen molar-refractivity contribution >= 4 is 35.0 Å². The van der Waals surface area contributed by atoms with Gasteiger partial charge in [0.25, 0.3) is 0 Å². The van der Waals surface area contributed by atoms with Crippen LogP contribution < -0.4 is 5.32 Å². The number of oxazole rings is 1. The van der Waals surface area contributed by atoms with Crippen LogP contribution in [0.5, 0.6) is 0 Å². The smallest absolute Gasteiger partial charge is 0.237 e. The zero-order chi connectivity index (χ0) is 18.5. The fraction of sp³-hybridized carbons (Fsp3) is 0.158. The third-order valence-electron chi connectivity index (χ3n) is 3.63. The van der Waals surface area contributed by atoms with Crippen molar-refractivity contribution in [3.63, 3.8) is 0 Å². The second kappa shape index (κ2) is 8.38. The maximum absolute atomic E-state index is 13.6. The Morgan fingerprint density at radius 3 is 2.73 bits per heavy atom. The first-order valence-corrected chi connectivity index (χ1v) is 9.33. The molecule has 1 N–H and O–H groups in total. The zero-order valence-corrected chi connectivity index (χ0v) is 15.5. The molecule has 0 spiro atoms. The number of carbonyl (C=O) groups excluding carboxylic acids is 1. The molecule has 26 heavy (non-hydrogen) atoms. The van der Waals surface area contributed by atoms with E-state index in [9.17, 15) is 9.18 Å². The molecule has 7 heteroatoms. The summed E-state index contributed by atoms with van der Waals surface area (Å²) in [6.07, 6.45) is 1.57. The highest BCUT2D eigenvalue weighted by Gasteiger charge is 2.16. The number of nitrogens with one attached hydrogen (secondary N) is 1. The normalized spacial score (nSPS) is 12.0. The van der Waals surface area contributed by atoms with Gasteiger partial charge in [0, 0.05) is 16.3 Å². The van der Waals surface area contributed by atoms with E-state index in [4.69, 9.17) is 16.0 Å². The van der Waals surface area contributed by atoms with E-state index in [1.807, 2.05) is 12.1 Å². The Labute approximate surface area is 159 Å². The van der Waals surface area contributed by atoms with Gasteiger partial charge in [-0.25, -0.2) is 9.37 Å². The Balaban J connectivity index is 1.56. The number of anilines is 1. The summed E-state index contributed by atoms with van der Waals surface area (Å²) in [5.41, 5.74) is 1.73. The Morgan fingerprint density at radius 1 is 1.27 bits per heavy atom. The van der Waals surface area contributed by atoms with Crippen LogP contribution >= 0.6 is 23.4 Å². The summed E-state index contributed by atoms with van der Waals surface area (Å²) in [5, 5.41) is 2.87. The van der Waals surface area contributed by atoms with Crippen molar-refractivity contribution in [2.75, 3.05) is 5.32 Å². The first-order valence-electron chi connectivity index (χ1n) is 7.90. The molecule has 0 radical (unpaired) electrons. The van der Waals surface area contributed by atoms with Crippen molar-refractivity contribution in [3.05, 3.63) is 71.3 Å². The van der Waals surface area contributed by atoms with Gasteiger partial charge in [-0.1, -0.05) is 23.7 Å². The molecule has 0 aliphatic heterocycles. The summed E-state index contributed by atoms with van der Waals surface area (Å²) in [6, 6.07) is 13.3. The number of amides is 1. The van der Waals surface area contributed by atoms with E-state index in [-0.39, 0.29) is 16.8 Å². The number of halogens is 2. The Kier molecular flexibility index (Phi) is 5.96. The monoisotopic (exact) mass is 390 g/mol. The van der Waals surface area contributed by atoms with E-state index in [2.05, 4.69) is 10.3 Å². The maximum atomic E-state index is 13.6. The summed E-state index contributed by atoms with van der Waals surface area (Å²) >= 11 is 7.27. The van der Waals surface area contributed by atoms with Crippen molar-refractivity contribution in [1.29, 1.82) is 0 Å². The van der Waals surface area contributed by atoms with Crippen molar-refractivity contribution in [2.24, 2.45) is 0 Å². The lowest BCUT2D eigenvalue weighted by molar-refractivity contribution is -0.115. The lowest BCUT2D eigenvalue weighted by Gasteiger charge is -2.11. The molecule has 4 nitrogen and oxygen atoms in total. The molecule has 1 amide bonds. The van der Waals surface area contributed by atoms with E-state index >= 15 is 0 Å². The molecule has 0 fully saturated rings. The number of thioether (sulfide) groups is 1. The van der Waals surface area contributed by atoms with Gasteiger partial charge in [0.15, 0.2) is 0 Å². The second-order valence-corrected chi connectivity index (χ2v) is 7.34. The van der Waals surface area contributed by atoms with E-state index in [1.54, 1.807) is 37.5 Å². The van der Waals surface area contributed by atoms with Gasteiger partial charge in [-0.15, -0.1) is 11.8 Å². The van der Waals surface area contributed by atoms with Gasteiger partial charge in [0.2, 0.25) is 11.8 Å². The molecule has 0 saturated heterocycles. The van der Waals surface area contributed by atoms with Crippen LogP contribution in [-0.2, 0) is 10.5 Å². The molecular weight excluding hydrogens is 375 g/mol. The summed E-state index contributed by atoms with van der Waals surface area (Å²) in [5.74, 6) is 0.285. The number of carbonyl (C=O) groups is 1. The highest BCUT2D eigenvalue weighted by molar-refractivity contribution is 7.99. The second-order valence-electron chi connectivity index (χ2n) is 5.57. The van der Waals surface area contributed by atoms with Crippen LogP contribution in [0.1, 0.15) is 12.6 Å². The predicted octanol–water partition coefficient (Wildman–Crippen LogP) is 5.39. The van der Waals surface area contributed by atoms with Gasteiger partial charge in [0.1, 0.15) is 12.1 Å². The standard InChI is InChI=1S/C19H16ClFN2O2S/c1-12(18(24)23-17-5-3-2-4-16(17)21)26-11-15-10-25-19(22-15)13-6-8-14(20)9-7-13/h2-10,12H,11H2,1H3,(H,23,24)/t12-/m0/s1. The van der Waals surface area contributed by atoms with Crippen LogP contribution in [0.25, 0.3) is 11.5 Å². The van der Waals surface area contributed by atoms with Crippen LogP contribution in [0.3, 0.4) is 0 Å². The number of nitrogens with zero attached hydrogens (tertiary/aromatic N) is 1. The predicted molar refractivity (Wildman–Crippen MR) is 103 cm³/mol. The number of benzene rings is 2. The van der Waals surface area contributed by atoms with Crippen molar-refractivity contribution in [3.8, 4) is 11.5 Å². The minimum atomic E-state index is -0.456. The molecule has 0 unspecified atom stereocenters. The largest absolute Gasteiger partial charge is 0.444 e. The van der Waals surface area contributed by atoms with Crippen LogP contribution in [0.15, 0.2) is 59.2 Å². The summed E-state index contributed by atoms with van der Waals surface area (Å²) in [6.45, 7) is 1.76. The van der Waals surface area contributed by atoms with Crippen LogP contribution in [0.2, 0.25) is 5.02 Å². The number of para-hydroxylation sites is 1. The molecule has 0 saturated carbocycles. The van der Waals surface area contributed by atoms with Gasteiger partial charge < -0.3 is 9.73 Å². The molecule has 1 heterocycles. The molecule has 2 aromatic carbocycles. The van der Waals surface area contributed by atoms with Crippen LogP contribution in [-0.4, -0.2) is 16.1 Å². The highest BCUT2D eigenvalue weighted by Crippen LogP contribution is 2.24. The fourth-order valence-electron chi connectivity index (χ4n) is 2.18. The van der Waals surface area contributed by atoms with Crippen molar-refractivity contribution < 1.29 is 13.6 Å². The van der Waals surface area contributed by atoms with Crippen molar-refractivity contribution in [1.82, 2.24) is 4.98 Å². The molecular formula is C19H16ClFN2O2S. The van der Waals surface area contributed by atoms with Gasteiger partial charge in [-0.2, -0.15) is 0 Å². The van der Waals surface area contributed by atoms with E-state index in [0.717, 1.165) is 11.3 Å². The quantitative estimate of drug-likeness (QED) is 0.612. The highest BCUT2D eigenvalue weighted by atomic mass is 35.5. The van der Waals surface area contributed by atoms with Gasteiger partial charge in [-0.05, 0) is 43.3 Å². The number of rotatable bonds is 6. The SMILES string of the molecule is C[C@H](SCc1coc(-c2ccc(Cl)cc2)n1)C(=O)Nc1ccccc1F. The number of hydrogen-bond donors (Lipinski definition) is 1.